The number of alkyl halides is 1. The van der Waals surface area contributed by atoms with Crippen LogP contribution in [-0.2, 0) is 5.67 Å². The third kappa shape index (κ3) is 3.39. The van der Waals surface area contributed by atoms with Crippen molar-refractivity contribution < 1.29 is 17.9 Å². The van der Waals surface area contributed by atoms with Crippen molar-refractivity contribution in [2.45, 2.75) is 19.5 Å². The van der Waals surface area contributed by atoms with E-state index in [2.05, 4.69) is 26.8 Å². The highest BCUT2D eigenvalue weighted by molar-refractivity contribution is 5.72. The Morgan fingerprint density at radius 2 is 1.96 bits per heavy atom. The van der Waals surface area contributed by atoms with Gasteiger partial charge in [0.25, 0.3) is 0 Å². The molecule has 0 radical (unpaired) electrons. The lowest BCUT2D eigenvalue weighted by Gasteiger charge is -2.16. The van der Waals surface area contributed by atoms with E-state index in [1.807, 2.05) is 0 Å². The molecular formula is C15H16F3N5O. The predicted octanol–water partition coefficient (Wildman–Crippen LogP) is 3.33. The lowest BCUT2D eigenvalue weighted by Crippen LogP contribution is -2.18. The summed E-state index contributed by atoms with van der Waals surface area (Å²) < 4.78 is 47.0. The summed E-state index contributed by atoms with van der Waals surface area (Å²) in [4.78, 5) is 11.3. The fraction of sp³-hybridized carbons (Fsp3) is 0.267. The summed E-state index contributed by atoms with van der Waals surface area (Å²) in [5.41, 5.74) is 3.48. The van der Waals surface area contributed by atoms with E-state index in [0.717, 1.165) is 6.07 Å². The predicted molar refractivity (Wildman–Crippen MR) is 84.7 cm³/mol. The number of nitrogen functional groups attached to an aromatic ring is 1. The van der Waals surface area contributed by atoms with E-state index in [4.69, 9.17) is 10.5 Å². The number of anilines is 3. The first-order valence-corrected chi connectivity index (χ1v) is 6.83. The molecule has 9 heteroatoms. The molecule has 0 saturated carbocycles. The van der Waals surface area contributed by atoms with Gasteiger partial charge < -0.3 is 15.8 Å². The number of nitrogens with zero attached hydrogens (tertiary/aromatic N) is 3. The molecule has 1 heterocycles. The zero-order valence-corrected chi connectivity index (χ0v) is 13.3. The standard InChI is InChI=1S/C15H16F3N5O/c1-5-7-6-8(16)9(17)10(11(7)24-4)20-14-22-12(15(2,3)18)21-13(19)23-14/h5-6H,1H2,2-4H3,(H3,19,20,21,22,23). The largest absolute Gasteiger partial charge is 0.494 e. The molecule has 24 heavy (non-hydrogen) atoms. The van der Waals surface area contributed by atoms with Crippen LogP contribution in [0.1, 0.15) is 25.2 Å². The van der Waals surface area contributed by atoms with Crippen LogP contribution in [0.4, 0.5) is 30.8 Å². The highest BCUT2D eigenvalue weighted by Crippen LogP contribution is 2.36. The van der Waals surface area contributed by atoms with E-state index in [-0.39, 0.29) is 34.7 Å². The lowest BCUT2D eigenvalue weighted by molar-refractivity contribution is 0.206. The molecule has 0 fully saturated rings. The van der Waals surface area contributed by atoms with Crippen LogP contribution in [0.25, 0.3) is 6.08 Å². The maximum Gasteiger partial charge on any atom is 0.232 e. The van der Waals surface area contributed by atoms with E-state index in [1.165, 1.54) is 27.0 Å². The van der Waals surface area contributed by atoms with E-state index < -0.39 is 17.3 Å². The molecule has 0 aliphatic rings. The van der Waals surface area contributed by atoms with E-state index in [0.29, 0.717) is 0 Å². The Bertz CT molecular complexity index is 790. The smallest absolute Gasteiger partial charge is 0.232 e. The first-order valence-electron chi connectivity index (χ1n) is 6.83. The minimum absolute atomic E-state index is 0.0102. The summed E-state index contributed by atoms with van der Waals surface area (Å²) in [6.45, 7) is 5.97. The Balaban J connectivity index is 2.58. The summed E-state index contributed by atoms with van der Waals surface area (Å²) in [6.07, 6.45) is 1.30. The van der Waals surface area contributed by atoms with Crippen LogP contribution in [0.5, 0.6) is 5.75 Å². The van der Waals surface area contributed by atoms with Gasteiger partial charge in [0.05, 0.1) is 7.11 Å². The quantitative estimate of drug-likeness (QED) is 0.869. The maximum atomic E-state index is 14.2. The minimum Gasteiger partial charge on any atom is -0.494 e. The zero-order chi connectivity index (χ0) is 18.1. The minimum atomic E-state index is -1.90. The number of aromatic nitrogens is 3. The monoisotopic (exact) mass is 339 g/mol. The van der Waals surface area contributed by atoms with Gasteiger partial charge in [0, 0.05) is 5.56 Å². The van der Waals surface area contributed by atoms with Crippen LogP contribution in [-0.4, -0.2) is 22.1 Å². The van der Waals surface area contributed by atoms with Gasteiger partial charge in [-0.1, -0.05) is 12.7 Å². The molecule has 0 unspecified atom stereocenters. The van der Waals surface area contributed by atoms with Crippen molar-refractivity contribution in [3.8, 4) is 5.75 Å². The molecule has 3 N–H and O–H groups in total. The Morgan fingerprint density at radius 1 is 1.29 bits per heavy atom. The normalized spacial score (nSPS) is 11.2. The molecule has 0 aliphatic heterocycles. The average molecular weight is 339 g/mol. The highest BCUT2D eigenvalue weighted by atomic mass is 19.2. The van der Waals surface area contributed by atoms with Crippen LogP contribution < -0.4 is 15.8 Å². The second-order valence-corrected chi connectivity index (χ2v) is 5.31. The molecular weight excluding hydrogens is 323 g/mol. The number of nitrogens with two attached hydrogens (primary N) is 1. The number of methoxy groups -OCH3 is 1. The van der Waals surface area contributed by atoms with Crippen LogP contribution >= 0.6 is 0 Å². The van der Waals surface area contributed by atoms with E-state index >= 15 is 0 Å². The van der Waals surface area contributed by atoms with Crippen LogP contribution in [0, 0.1) is 11.6 Å². The van der Waals surface area contributed by atoms with Crippen molar-refractivity contribution in [1.82, 2.24) is 15.0 Å². The highest BCUT2D eigenvalue weighted by Gasteiger charge is 2.25. The lowest BCUT2D eigenvalue weighted by atomic mass is 10.1. The molecule has 6 nitrogen and oxygen atoms in total. The number of hydrogen-bond donors (Lipinski definition) is 2. The summed E-state index contributed by atoms with van der Waals surface area (Å²) in [5, 5.41) is 2.46. The Hall–Kier alpha value is -2.84. The maximum absolute atomic E-state index is 14.2. The number of hydrogen-bond acceptors (Lipinski definition) is 6. The van der Waals surface area contributed by atoms with Crippen molar-refractivity contribution in [3.05, 3.63) is 35.7 Å². The van der Waals surface area contributed by atoms with Gasteiger partial charge in [-0.05, 0) is 19.9 Å². The number of halogens is 3. The SMILES string of the molecule is C=Cc1cc(F)c(F)c(Nc2nc(N)nc(C(C)(C)F)n2)c1OC. The number of nitrogens with one attached hydrogen (secondary N) is 1. The van der Waals surface area contributed by atoms with Crippen LogP contribution in [0.2, 0.25) is 0 Å². The van der Waals surface area contributed by atoms with Crippen molar-refractivity contribution in [2.75, 3.05) is 18.2 Å². The van der Waals surface area contributed by atoms with Crippen LogP contribution in [0.3, 0.4) is 0 Å². The van der Waals surface area contributed by atoms with Crippen molar-refractivity contribution in [1.29, 1.82) is 0 Å². The van der Waals surface area contributed by atoms with Crippen LogP contribution in [0.15, 0.2) is 12.6 Å². The van der Waals surface area contributed by atoms with Gasteiger partial charge in [0.15, 0.2) is 28.9 Å². The van der Waals surface area contributed by atoms with E-state index in [1.54, 1.807) is 0 Å². The van der Waals surface area contributed by atoms with Gasteiger partial charge in [-0.3, -0.25) is 0 Å². The third-order valence-corrected chi connectivity index (χ3v) is 3.05. The molecule has 128 valence electrons. The molecule has 0 aliphatic carbocycles. The summed E-state index contributed by atoms with van der Waals surface area (Å²) in [6, 6.07) is 0.935. The third-order valence-electron chi connectivity index (χ3n) is 3.05. The van der Waals surface area contributed by atoms with Gasteiger partial charge in [0.1, 0.15) is 5.69 Å². The van der Waals surface area contributed by atoms with Crippen molar-refractivity contribution in [3.63, 3.8) is 0 Å². The average Bonchev–Trinajstić information content (AvgIpc) is 2.50. The number of rotatable bonds is 5. The fourth-order valence-electron chi connectivity index (χ4n) is 1.94. The van der Waals surface area contributed by atoms with Crippen molar-refractivity contribution in [2.24, 2.45) is 0 Å². The first-order chi connectivity index (χ1) is 11.2. The molecule has 0 atom stereocenters. The second-order valence-electron chi connectivity index (χ2n) is 5.31. The second kappa shape index (κ2) is 6.34. The van der Waals surface area contributed by atoms with Gasteiger partial charge in [0.2, 0.25) is 11.9 Å². The molecule has 0 spiro atoms. The van der Waals surface area contributed by atoms with Gasteiger partial charge in [-0.15, -0.1) is 0 Å². The Labute approximate surface area is 136 Å². The summed E-state index contributed by atoms with van der Waals surface area (Å²) in [5.74, 6) is -3.12. The molecule has 0 amide bonds. The number of benzene rings is 1. The Kier molecular flexibility index (Phi) is 4.63. The first kappa shape index (κ1) is 17.5. The molecule has 1 aromatic carbocycles. The molecule has 1 aromatic heterocycles. The summed E-state index contributed by atoms with van der Waals surface area (Å²) >= 11 is 0. The van der Waals surface area contributed by atoms with Gasteiger partial charge in [-0.2, -0.15) is 15.0 Å². The molecule has 2 aromatic rings. The zero-order valence-electron chi connectivity index (χ0n) is 13.3. The molecule has 0 bridgehead atoms. The molecule has 2 rings (SSSR count). The molecule has 0 saturated heterocycles. The Morgan fingerprint density at radius 3 is 2.50 bits per heavy atom. The topological polar surface area (TPSA) is 86.0 Å². The fourth-order valence-corrected chi connectivity index (χ4v) is 1.94. The van der Waals surface area contributed by atoms with Gasteiger partial charge in [-0.25, -0.2) is 13.2 Å². The summed E-state index contributed by atoms with van der Waals surface area (Å²) in [7, 11) is 1.28. The van der Waals surface area contributed by atoms with Crippen molar-refractivity contribution >= 4 is 23.7 Å². The van der Waals surface area contributed by atoms with Gasteiger partial charge >= 0.3 is 0 Å². The van der Waals surface area contributed by atoms with E-state index in [9.17, 15) is 13.2 Å². The number of ether oxygens (including phenoxy) is 1.